The van der Waals surface area contributed by atoms with E-state index in [9.17, 15) is 0 Å². The monoisotopic (exact) mass is 366 g/mol. The topological polar surface area (TPSA) is 6.02 Å². The highest BCUT2D eigenvalue weighted by atomic mass is 15.1. The normalized spacial score (nSPS) is 15.2. The van der Waals surface area contributed by atoms with Crippen LogP contribution < -0.4 is 0 Å². The van der Waals surface area contributed by atoms with Crippen molar-refractivity contribution in [1.29, 1.82) is 0 Å². The third-order valence-electron chi connectivity index (χ3n) is 6.03. The maximum absolute atomic E-state index is 2.55. The second kappa shape index (κ2) is 7.20. The van der Waals surface area contributed by atoms with Gasteiger partial charge in [0, 0.05) is 28.8 Å². The van der Waals surface area contributed by atoms with Gasteiger partial charge in [0.25, 0.3) is 0 Å². The molecule has 2 heteroatoms. The van der Waals surface area contributed by atoms with Crippen molar-refractivity contribution in [2.45, 2.75) is 32.7 Å². The summed E-state index contributed by atoms with van der Waals surface area (Å²) in [6, 6.07) is 28.6. The largest absolute Gasteiger partial charge is 0.209 e. The van der Waals surface area contributed by atoms with Crippen LogP contribution in [-0.2, 0) is 19.4 Å². The van der Waals surface area contributed by atoms with Crippen LogP contribution in [0.5, 0.6) is 0 Å². The van der Waals surface area contributed by atoms with Crippen molar-refractivity contribution in [2.24, 2.45) is 0 Å². The molecule has 138 valence electrons. The number of rotatable bonds is 5. The molecule has 0 amide bonds. The molecule has 0 atom stereocenters. The zero-order valence-corrected chi connectivity index (χ0v) is 16.4. The van der Waals surface area contributed by atoms with Crippen molar-refractivity contribution in [3.63, 3.8) is 0 Å². The Morgan fingerprint density at radius 3 is 1.82 bits per heavy atom. The Labute approximate surface area is 167 Å². The fraction of sp³-hybridized carbons (Fsp3) is 0.231. The molecule has 0 spiro atoms. The summed E-state index contributed by atoms with van der Waals surface area (Å²) >= 11 is 0. The van der Waals surface area contributed by atoms with Gasteiger partial charge in [-0.05, 0) is 6.92 Å². The fourth-order valence-corrected chi connectivity index (χ4v) is 4.73. The van der Waals surface area contributed by atoms with Gasteiger partial charge in [-0.25, -0.2) is 0 Å². The second-order valence-electron chi connectivity index (χ2n) is 7.74. The minimum Gasteiger partial charge on any atom is -0.199 e. The van der Waals surface area contributed by atoms with E-state index in [1.54, 1.807) is 0 Å². The summed E-state index contributed by atoms with van der Waals surface area (Å²) in [5.74, 6) is 0. The van der Waals surface area contributed by atoms with Crippen molar-refractivity contribution in [1.82, 2.24) is 0 Å². The molecule has 0 radical (unpaired) electrons. The van der Waals surface area contributed by atoms with Gasteiger partial charge >= 0.3 is 0 Å². The first-order chi connectivity index (χ1) is 13.8. The van der Waals surface area contributed by atoms with Crippen LogP contribution in [0, 0.1) is 0 Å². The molecule has 0 aromatic heterocycles. The second-order valence-corrected chi connectivity index (χ2v) is 7.74. The molecule has 2 aliphatic rings. The maximum Gasteiger partial charge on any atom is 0.209 e. The SMILES string of the molecule is CC[N+]1=C(CC2=[N+](Cc3ccccc3)c3ccccc3C2)Cc2ccccc21. The number of hydrogen-bond donors (Lipinski definition) is 0. The molecule has 2 heterocycles. The van der Waals surface area contributed by atoms with Gasteiger partial charge in [0.1, 0.15) is 13.0 Å². The number of nitrogens with zero attached hydrogens (tertiary/aromatic N) is 2. The highest BCUT2D eigenvalue weighted by Gasteiger charge is 2.35. The Balaban J connectivity index is 1.53. The summed E-state index contributed by atoms with van der Waals surface area (Å²) in [5, 5.41) is 0. The van der Waals surface area contributed by atoms with Crippen LogP contribution in [0.25, 0.3) is 0 Å². The summed E-state index contributed by atoms with van der Waals surface area (Å²) in [4.78, 5) is 0. The lowest BCUT2D eigenvalue weighted by atomic mass is 10.0. The van der Waals surface area contributed by atoms with Gasteiger partial charge in [0.2, 0.25) is 11.4 Å². The lowest BCUT2D eigenvalue weighted by Gasteiger charge is -2.04. The van der Waals surface area contributed by atoms with E-state index < -0.39 is 0 Å². The average Bonchev–Trinajstić information content (AvgIpc) is 3.26. The van der Waals surface area contributed by atoms with Gasteiger partial charge in [-0.1, -0.05) is 66.7 Å². The van der Waals surface area contributed by atoms with E-state index in [0.717, 1.165) is 32.4 Å². The summed E-state index contributed by atoms with van der Waals surface area (Å²) in [6.45, 7) is 4.24. The Morgan fingerprint density at radius 2 is 1.18 bits per heavy atom. The van der Waals surface area contributed by atoms with E-state index in [-0.39, 0.29) is 0 Å². The highest BCUT2D eigenvalue weighted by Crippen LogP contribution is 2.31. The fourth-order valence-electron chi connectivity index (χ4n) is 4.73. The third-order valence-corrected chi connectivity index (χ3v) is 6.03. The molecular formula is C26H26N2+2. The molecule has 3 aromatic carbocycles. The first kappa shape index (κ1) is 17.1. The van der Waals surface area contributed by atoms with Crippen LogP contribution in [0.3, 0.4) is 0 Å². The van der Waals surface area contributed by atoms with E-state index in [1.165, 1.54) is 39.5 Å². The molecule has 0 fully saturated rings. The standard InChI is InChI=1S/C26H26N2/c1-2-27-23(16-21-12-6-8-14-25(21)27)18-24-17-22-13-7-9-15-26(22)28(24)19-20-10-4-3-5-11-20/h3-15H,2,16-19H2,1H3/q+2. The third kappa shape index (κ3) is 2.99. The first-order valence-electron chi connectivity index (χ1n) is 10.3. The number of hydrogen-bond acceptors (Lipinski definition) is 0. The molecule has 0 saturated heterocycles. The molecule has 28 heavy (non-hydrogen) atoms. The van der Waals surface area contributed by atoms with Crippen molar-refractivity contribution in [2.75, 3.05) is 6.54 Å². The van der Waals surface area contributed by atoms with Crippen LogP contribution in [0.1, 0.15) is 30.0 Å². The zero-order valence-electron chi connectivity index (χ0n) is 16.4. The summed E-state index contributed by atoms with van der Waals surface area (Å²) in [5.41, 5.74) is 10.1. The van der Waals surface area contributed by atoms with Crippen LogP contribution in [0.2, 0.25) is 0 Å². The van der Waals surface area contributed by atoms with Crippen molar-refractivity contribution >= 4 is 22.8 Å². The Morgan fingerprint density at radius 1 is 0.643 bits per heavy atom. The lowest BCUT2D eigenvalue weighted by Crippen LogP contribution is -2.22. The van der Waals surface area contributed by atoms with E-state index in [0.29, 0.717) is 0 Å². The van der Waals surface area contributed by atoms with Crippen molar-refractivity contribution in [3.05, 3.63) is 95.6 Å². The Kier molecular flexibility index (Phi) is 4.40. The van der Waals surface area contributed by atoms with Gasteiger partial charge < -0.3 is 0 Å². The lowest BCUT2D eigenvalue weighted by molar-refractivity contribution is -0.457. The number of benzene rings is 3. The summed E-state index contributed by atoms with van der Waals surface area (Å²) < 4.78 is 5.07. The minimum atomic E-state index is 0.944. The average molecular weight is 367 g/mol. The smallest absolute Gasteiger partial charge is 0.199 e. The van der Waals surface area contributed by atoms with Crippen molar-refractivity contribution < 1.29 is 9.15 Å². The molecular weight excluding hydrogens is 340 g/mol. The van der Waals surface area contributed by atoms with Crippen molar-refractivity contribution in [3.8, 4) is 0 Å². The highest BCUT2D eigenvalue weighted by molar-refractivity contribution is 6.05. The predicted molar refractivity (Wildman–Crippen MR) is 115 cm³/mol. The zero-order chi connectivity index (χ0) is 18.9. The number of para-hydroxylation sites is 2. The predicted octanol–water partition coefficient (Wildman–Crippen LogP) is 5.28. The Bertz CT molecular complexity index is 1090. The molecule has 3 aromatic rings. The van der Waals surface area contributed by atoms with Crippen LogP contribution in [0.4, 0.5) is 11.4 Å². The molecule has 0 N–H and O–H groups in total. The molecule has 5 rings (SSSR count). The van der Waals surface area contributed by atoms with Gasteiger partial charge in [-0.3, -0.25) is 0 Å². The summed E-state index contributed by atoms with van der Waals surface area (Å²) in [7, 11) is 0. The molecule has 2 nitrogen and oxygen atoms in total. The molecule has 0 bridgehead atoms. The minimum absolute atomic E-state index is 0.944. The molecule has 0 saturated carbocycles. The van der Waals surface area contributed by atoms with Gasteiger partial charge in [0.05, 0.1) is 12.8 Å². The van der Waals surface area contributed by atoms with Crippen LogP contribution >= 0.6 is 0 Å². The Hall–Kier alpha value is -3.00. The van der Waals surface area contributed by atoms with E-state index in [4.69, 9.17) is 0 Å². The van der Waals surface area contributed by atoms with E-state index >= 15 is 0 Å². The first-order valence-corrected chi connectivity index (χ1v) is 10.3. The van der Waals surface area contributed by atoms with Gasteiger partial charge in [0.15, 0.2) is 18.0 Å². The quantitative estimate of drug-likeness (QED) is 0.542. The van der Waals surface area contributed by atoms with E-state index in [2.05, 4.69) is 94.9 Å². The van der Waals surface area contributed by atoms with Gasteiger partial charge in [-0.2, -0.15) is 9.15 Å². The molecule has 0 aliphatic carbocycles. The maximum atomic E-state index is 2.55. The molecule has 2 aliphatic heterocycles. The van der Waals surface area contributed by atoms with Crippen LogP contribution in [0.15, 0.2) is 78.9 Å². The molecule has 0 unspecified atom stereocenters. The van der Waals surface area contributed by atoms with E-state index in [1.807, 2.05) is 0 Å². The summed E-state index contributed by atoms with van der Waals surface area (Å²) in [6.07, 6.45) is 3.17. The van der Waals surface area contributed by atoms with Crippen LogP contribution in [-0.4, -0.2) is 27.1 Å². The van der Waals surface area contributed by atoms with Gasteiger partial charge in [-0.15, -0.1) is 0 Å². The number of fused-ring (bicyclic) bond motifs is 2.